The van der Waals surface area contributed by atoms with Crippen LogP contribution in [-0.4, -0.2) is 60.5 Å². The van der Waals surface area contributed by atoms with E-state index < -0.39 is 0 Å². The average Bonchev–Trinajstić information content (AvgIpc) is 2.51. The Morgan fingerprint density at radius 2 is 1.95 bits per heavy atom. The van der Waals surface area contributed by atoms with Crippen molar-refractivity contribution in [2.24, 2.45) is 0 Å². The minimum atomic E-state index is 0.0243. The number of hydrogen-bond donors (Lipinski definition) is 1. The molecule has 0 unspecified atom stereocenters. The lowest BCUT2D eigenvalue weighted by molar-refractivity contribution is -0.118. The van der Waals surface area contributed by atoms with Gasteiger partial charge >= 0.3 is 0 Å². The van der Waals surface area contributed by atoms with Gasteiger partial charge in [-0.2, -0.15) is 0 Å². The molecule has 1 aromatic heterocycles. The minimum absolute atomic E-state index is 0.0243. The summed E-state index contributed by atoms with van der Waals surface area (Å²) in [4.78, 5) is 25.4. The van der Waals surface area contributed by atoms with Crippen molar-refractivity contribution in [1.29, 1.82) is 0 Å². The predicted molar refractivity (Wildman–Crippen MR) is 82.0 cm³/mol. The summed E-state index contributed by atoms with van der Waals surface area (Å²) < 4.78 is 0. The van der Waals surface area contributed by atoms with Crippen LogP contribution in [0.2, 0.25) is 0 Å². The summed E-state index contributed by atoms with van der Waals surface area (Å²) in [5.41, 5.74) is 1.60. The van der Waals surface area contributed by atoms with Crippen molar-refractivity contribution in [3.63, 3.8) is 0 Å². The summed E-state index contributed by atoms with van der Waals surface area (Å²) in [7, 11) is 2.13. The van der Waals surface area contributed by atoms with E-state index in [9.17, 15) is 4.79 Å². The highest BCUT2D eigenvalue weighted by molar-refractivity contribution is 5.98. The standard InChI is InChI=1S/C15H21N5O/c1-19-7-9-20(10-8-19)14-13(16-5-6-17-14)11-12-3-2-4-18-15(12)21/h5-6,11H,2-4,7-10H2,1H3,(H,18,21)/b12-11-. The van der Waals surface area contributed by atoms with E-state index in [0.29, 0.717) is 0 Å². The van der Waals surface area contributed by atoms with Crippen LogP contribution in [0.3, 0.4) is 0 Å². The van der Waals surface area contributed by atoms with Gasteiger partial charge in [-0.3, -0.25) is 9.78 Å². The van der Waals surface area contributed by atoms with Gasteiger partial charge in [0.15, 0.2) is 5.82 Å². The Morgan fingerprint density at radius 3 is 2.71 bits per heavy atom. The molecule has 1 amide bonds. The molecule has 2 aliphatic heterocycles. The zero-order chi connectivity index (χ0) is 14.7. The smallest absolute Gasteiger partial charge is 0.247 e. The molecule has 0 spiro atoms. The number of anilines is 1. The maximum Gasteiger partial charge on any atom is 0.247 e. The van der Waals surface area contributed by atoms with Crippen molar-refractivity contribution in [3.8, 4) is 0 Å². The SMILES string of the molecule is CN1CCN(c2nccnc2/C=C2/CCCNC2=O)CC1. The van der Waals surface area contributed by atoms with E-state index in [1.165, 1.54) is 0 Å². The number of likely N-dealkylation sites (N-methyl/N-ethyl adjacent to an activating group) is 1. The largest absolute Gasteiger partial charge is 0.352 e. The first-order valence-corrected chi connectivity index (χ1v) is 7.47. The van der Waals surface area contributed by atoms with E-state index >= 15 is 0 Å². The molecular weight excluding hydrogens is 266 g/mol. The third kappa shape index (κ3) is 3.21. The van der Waals surface area contributed by atoms with E-state index in [1.54, 1.807) is 12.4 Å². The highest BCUT2D eigenvalue weighted by Crippen LogP contribution is 2.21. The molecule has 6 nitrogen and oxygen atoms in total. The molecule has 3 heterocycles. The normalized spacial score (nSPS) is 22.4. The molecule has 2 fully saturated rings. The summed E-state index contributed by atoms with van der Waals surface area (Å²) in [6, 6.07) is 0. The van der Waals surface area contributed by atoms with E-state index in [0.717, 1.165) is 62.7 Å². The first-order chi connectivity index (χ1) is 10.2. The monoisotopic (exact) mass is 287 g/mol. The zero-order valence-electron chi connectivity index (χ0n) is 12.4. The predicted octanol–water partition coefficient (Wildman–Crippen LogP) is 0.522. The van der Waals surface area contributed by atoms with E-state index in [1.807, 2.05) is 6.08 Å². The molecule has 0 radical (unpaired) electrons. The summed E-state index contributed by atoms with van der Waals surface area (Å²) >= 11 is 0. The van der Waals surface area contributed by atoms with E-state index in [4.69, 9.17) is 0 Å². The fourth-order valence-electron chi connectivity index (χ4n) is 2.72. The number of nitrogens with zero attached hydrogens (tertiary/aromatic N) is 4. The lowest BCUT2D eigenvalue weighted by atomic mass is 10.0. The van der Waals surface area contributed by atoms with Crippen LogP contribution in [0.1, 0.15) is 18.5 Å². The second-order valence-electron chi connectivity index (χ2n) is 5.58. The summed E-state index contributed by atoms with van der Waals surface area (Å²) in [6.07, 6.45) is 7.10. The number of piperidine rings is 1. The average molecular weight is 287 g/mol. The molecule has 112 valence electrons. The highest BCUT2D eigenvalue weighted by atomic mass is 16.1. The number of rotatable bonds is 2. The van der Waals surface area contributed by atoms with Gasteiger partial charge in [0.05, 0.1) is 0 Å². The Bertz CT molecular complexity index is 549. The molecule has 1 N–H and O–H groups in total. The van der Waals surface area contributed by atoms with E-state index in [-0.39, 0.29) is 5.91 Å². The van der Waals surface area contributed by atoms with Crippen LogP contribution in [0.4, 0.5) is 5.82 Å². The quantitative estimate of drug-likeness (QED) is 0.804. The summed E-state index contributed by atoms with van der Waals surface area (Å²) in [5.74, 6) is 0.910. The third-order valence-electron chi connectivity index (χ3n) is 4.02. The Morgan fingerprint density at radius 1 is 1.19 bits per heavy atom. The van der Waals surface area contributed by atoms with Crippen LogP contribution in [0.5, 0.6) is 0 Å². The van der Waals surface area contributed by atoms with Gasteiger partial charge < -0.3 is 15.1 Å². The Labute approximate surface area is 124 Å². The van der Waals surface area contributed by atoms with Gasteiger partial charge in [-0.05, 0) is 26.0 Å². The number of carbonyl (C=O) groups is 1. The molecule has 2 saturated heterocycles. The van der Waals surface area contributed by atoms with Crippen molar-refractivity contribution in [2.75, 3.05) is 44.7 Å². The molecule has 2 aliphatic rings. The van der Waals surface area contributed by atoms with Crippen molar-refractivity contribution < 1.29 is 4.79 Å². The molecule has 0 bridgehead atoms. The van der Waals surface area contributed by atoms with Gasteiger partial charge in [0.25, 0.3) is 0 Å². The van der Waals surface area contributed by atoms with Crippen LogP contribution in [0.15, 0.2) is 18.0 Å². The van der Waals surface area contributed by atoms with Gasteiger partial charge in [0, 0.05) is 50.7 Å². The van der Waals surface area contributed by atoms with Crippen LogP contribution < -0.4 is 10.2 Å². The molecule has 0 atom stereocenters. The van der Waals surface area contributed by atoms with Crippen molar-refractivity contribution in [1.82, 2.24) is 20.2 Å². The number of nitrogens with one attached hydrogen (secondary N) is 1. The Balaban J connectivity index is 1.85. The lowest BCUT2D eigenvalue weighted by Gasteiger charge is -2.33. The van der Waals surface area contributed by atoms with E-state index in [2.05, 4.69) is 32.1 Å². The second kappa shape index (κ2) is 6.22. The molecule has 0 aromatic carbocycles. The topological polar surface area (TPSA) is 61.4 Å². The third-order valence-corrected chi connectivity index (χ3v) is 4.02. The number of amides is 1. The summed E-state index contributed by atoms with van der Waals surface area (Å²) in [6.45, 7) is 4.69. The Hall–Kier alpha value is -1.95. The van der Waals surface area contributed by atoms with Gasteiger partial charge in [-0.15, -0.1) is 0 Å². The second-order valence-corrected chi connectivity index (χ2v) is 5.58. The molecule has 21 heavy (non-hydrogen) atoms. The minimum Gasteiger partial charge on any atom is -0.352 e. The molecule has 0 aliphatic carbocycles. The van der Waals surface area contributed by atoms with Crippen molar-refractivity contribution in [3.05, 3.63) is 23.7 Å². The van der Waals surface area contributed by atoms with Gasteiger partial charge in [0.1, 0.15) is 5.69 Å². The first kappa shape index (κ1) is 14.0. The Kier molecular flexibility index (Phi) is 4.15. The highest BCUT2D eigenvalue weighted by Gasteiger charge is 2.20. The fourth-order valence-corrected chi connectivity index (χ4v) is 2.72. The maximum absolute atomic E-state index is 11.9. The van der Waals surface area contributed by atoms with Crippen LogP contribution in [0, 0.1) is 0 Å². The molecular formula is C15H21N5O. The maximum atomic E-state index is 11.9. The van der Waals surface area contributed by atoms with Crippen LogP contribution >= 0.6 is 0 Å². The number of aromatic nitrogens is 2. The zero-order valence-corrected chi connectivity index (χ0v) is 12.4. The van der Waals surface area contributed by atoms with Crippen molar-refractivity contribution >= 4 is 17.8 Å². The molecule has 1 aromatic rings. The molecule has 3 rings (SSSR count). The van der Waals surface area contributed by atoms with Crippen LogP contribution in [0.25, 0.3) is 6.08 Å². The molecule has 0 saturated carbocycles. The summed E-state index contributed by atoms with van der Waals surface area (Å²) in [5, 5.41) is 2.88. The first-order valence-electron chi connectivity index (χ1n) is 7.47. The van der Waals surface area contributed by atoms with Crippen LogP contribution in [-0.2, 0) is 4.79 Å². The van der Waals surface area contributed by atoms with Gasteiger partial charge in [-0.25, -0.2) is 4.98 Å². The number of piperazine rings is 1. The fraction of sp³-hybridized carbons (Fsp3) is 0.533. The number of carbonyl (C=O) groups excluding carboxylic acids is 1. The van der Waals surface area contributed by atoms with Gasteiger partial charge in [-0.1, -0.05) is 0 Å². The number of hydrogen-bond acceptors (Lipinski definition) is 5. The van der Waals surface area contributed by atoms with Crippen molar-refractivity contribution in [2.45, 2.75) is 12.8 Å². The molecule has 6 heteroatoms. The lowest BCUT2D eigenvalue weighted by Crippen LogP contribution is -2.45. The van der Waals surface area contributed by atoms with Gasteiger partial charge in [0.2, 0.25) is 5.91 Å².